The van der Waals surface area contributed by atoms with Crippen LogP contribution < -0.4 is 11.1 Å². The van der Waals surface area contributed by atoms with Gasteiger partial charge in [0, 0.05) is 50.7 Å². The Morgan fingerprint density at radius 3 is 2.16 bits per heavy atom. The first-order chi connectivity index (χ1) is 24.5. The van der Waals surface area contributed by atoms with Gasteiger partial charge < -0.3 is 20.9 Å². The number of nitrogens with two attached hydrogens (primary N) is 1. The quantitative estimate of drug-likeness (QED) is 0.129. The summed E-state index contributed by atoms with van der Waals surface area (Å²) in [6, 6.07) is 24.1. The van der Waals surface area contributed by atoms with Gasteiger partial charge in [0.15, 0.2) is 11.6 Å². The van der Waals surface area contributed by atoms with Gasteiger partial charge in [-0.25, -0.2) is 8.78 Å². The van der Waals surface area contributed by atoms with E-state index in [1.165, 1.54) is 17.0 Å². The van der Waals surface area contributed by atoms with Gasteiger partial charge in [-0.2, -0.15) is 0 Å². The predicted octanol–water partition coefficient (Wildman–Crippen LogP) is 6.64. The summed E-state index contributed by atoms with van der Waals surface area (Å²) in [6.45, 7) is 4.81. The van der Waals surface area contributed by atoms with Gasteiger partial charge in [0.05, 0.1) is 6.04 Å². The van der Waals surface area contributed by atoms with E-state index < -0.39 is 23.7 Å². The first-order valence-corrected chi connectivity index (χ1v) is 17.4. The van der Waals surface area contributed by atoms with Crippen LogP contribution in [0.4, 0.5) is 8.78 Å². The van der Waals surface area contributed by atoms with Crippen LogP contribution in [-0.4, -0.2) is 64.9 Å². The van der Waals surface area contributed by atoms with E-state index in [9.17, 15) is 18.4 Å². The number of benzene rings is 3. The molecule has 0 radical (unpaired) electrons. The third-order valence-electron chi connectivity index (χ3n) is 9.87. The van der Waals surface area contributed by atoms with Crippen LogP contribution in [0, 0.1) is 11.6 Å². The maximum Gasteiger partial charge on any atom is 0.246 e. The minimum absolute atomic E-state index is 0.176. The van der Waals surface area contributed by atoms with Crippen LogP contribution in [0.25, 0.3) is 11.1 Å². The van der Waals surface area contributed by atoms with Gasteiger partial charge in [-0.15, -0.1) is 0 Å². The largest absolute Gasteiger partial charge is 0.387 e. The van der Waals surface area contributed by atoms with Crippen LogP contribution in [0.3, 0.4) is 0 Å². The van der Waals surface area contributed by atoms with Crippen molar-refractivity contribution in [1.29, 1.82) is 0 Å². The third kappa shape index (κ3) is 9.98. The molecule has 0 aliphatic heterocycles. The van der Waals surface area contributed by atoms with Gasteiger partial charge in [-0.3, -0.25) is 14.6 Å². The van der Waals surface area contributed by atoms with E-state index in [2.05, 4.69) is 16.9 Å². The zero-order chi connectivity index (χ0) is 36.4. The van der Waals surface area contributed by atoms with Gasteiger partial charge in [-0.05, 0) is 96.7 Å². The number of hydrogen-bond donors (Lipinski definition) is 2. The van der Waals surface area contributed by atoms with E-state index in [1.807, 2.05) is 66.7 Å². The summed E-state index contributed by atoms with van der Waals surface area (Å²) in [5.74, 6) is -2.53. The highest BCUT2D eigenvalue weighted by Gasteiger charge is 2.34. The van der Waals surface area contributed by atoms with Crippen molar-refractivity contribution >= 4 is 11.8 Å². The monoisotopic (exact) mass is 691 g/mol. The summed E-state index contributed by atoms with van der Waals surface area (Å²) in [5, 5.41) is 3.35. The summed E-state index contributed by atoms with van der Waals surface area (Å²) in [7, 11) is 3.30. The van der Waals surface area contributed by atoms with Crippen molar-refractivity contribution < 1.29 is 18.4 Å². The molecular formula is C42H47F2N5O2. The van der Waals surface area contributed by atoms with Crippen molar-refractivity contribution in [3.05, 3.63) is 150 Å². The van der Waals surface area contributed by atoms with Crippen LogP contribution in [0.5, 0.6) is 0 Å². The Labute approximate surface area is 299 Å². The molecule has 3 N–H and O–H groups in total. The molecule has 7 nitrogen and oxygen atoms in total. The van der Waals surface area contributed by atoms with Crippen molar-refractivity contribution in [2.24, 2.45) is 5.73 Å². The fourth-order valence-electron chi connectivity index (χ4n) is 6.38. The van der Waals surface area contributed by atoms with Crippen LogP contribution in [0.2, 0.25) is 0 Å². The molecule has 2 amide bonds. The summed E-state index contributed by atoms with van der Waals surface area (Å²) in [4.78, 5) is 35.3. The lowest BCUT2D eigenvalue weighted by Gasteiger charge is -2.37. The highest BCUT2D eigenvalue weighted by Crippen LogP contribution is 2.32. The first-order valence-electron chi connectivity index (χ1n) is 17.4. The summed E-state index contributed by atoms with van der Waals surface area (Å²) >= 11 is 0. The standard InChI is InChI=1S/C42H47F2N5O2/c1-30(47-26-20-31-18-24-46-25-19-31)38(29-33-14-17-36(43)37(44)27-33)49(3)41(51)39(48(2)40(50)11-7-21-42(45)22-8-23-42)28-32-12-15-35(16-13-32)34-9-5-4-6-10-34/h4-7,9-19,24-25,27,38-39,47H,1,8,20-23,26,28-29,45H2,2-3H3/b11-7+/t38?,39-/m1/s1. The third-order valence-corrected chi connectivity index (χ3v) is 9.87. The molecule has 0 bridgehead atoms. The maximum absolute atomic E-state index is 14.6. The molecule has 9 heteroatoms. The average Bonchev–Trinajstić information content (AvgIpc) is 3.13. The van der Waals surface area contributed by atoms with E-state index in [1.54, 1.807) is 37.5 Å². The van der Waals surface area contributed by atoms with Crippen molar-refractivity contribution in [3.8, 4) is 11.1 Å². The molecule has 2 atom stereocenters. The van der Waals surface area contributed by atoms with Gasteiger partial charge >= 0.3 is 0 Å². The van der Waals surface area contributed by atoms with Gasteiger partial charge in [0.2, 0.25) is 11.8 Å². The number of hydrogen-bond acceptors (Lipinski definition) is 5. The molecule has 0 saturated heterocycles. The number of carbonyl (C=O) groups excluding carboxylic acids is 2. The van der Waals surface area contributed by atoms with E-state index in [0.717, 1.165) is 53.6 Å². The van der Waals surface area contributed by atoms with Crippen molar-refractivity contribution in [2.75, 3.05) is 20.6 Å². The van der Waals surface area contributed by atoms with Gasteiger partial charge in [-0.1, -0.05) is 73.3 Å². The lowest BCUT2D eigenvalue weighted by Crippen LogP contribution is -2.53. The van der Waals surface area contributed by atoms with Crippen LogP contribution in [0.1, 0.15) is 42.4 Å². The molecule has 1 unspecified atom stereocenters. The number of likely N-dealkylation sites (N-methyl/N-ethyl adjacent to an activating group) is 2. The number of amides is 2. The lowest BCUT2D eigenvalue weighted by molar-refractivity contribution is -0.142. The topological polar surface area (TPSA) is 91.6 Å². The molecule has 1 saturated carbocycles. The second-order valence-corrected chi connectivity index (χ2v) is 13.5. The Morgan fingerprint density at radius 1 is 0.863 bits per heavy atom. The molecule has 266 valence electrons. The summed E-state index contributed by atoms with van der Waals surface area (Å²) in [6.07, 6.45) is 11.4. The van der Waals surface area contributed by atoms with Crippen LogP contribution in [-0.2, 0) is 28.9 Å². The fourth-order valence-corrected chi connectivity index (χ4v) is 6.38. The predicted molar refractivity (Wildman–Crippen MR) is 198 cm³/mol. The molecule has 1 fully saturated rings. The van der Waals surface area contributed by atoms with Gasteiger partial charge in [0.25, 0.3) is 0 Å². The van der Waals surface area contributed by atoms with E-state index in [4.69, 9.17) is 5.73 Å². The summed E-state index contributed by atoms with van der Waals surface area (Å²) < 4.78 is 28.2. The molecule has 1 heterocycles. The highest BCUT2D eigenvalue weighted by atomic mass is 19.2. The average molecular weight is 692 g/mol. The zero-order valence-corrected chi connectivity index (χ0v) is 29.4. The minimum Gasteiger partial charge on any atom is -0.387 e. The molecule has 1 aliphatic carbocycles. The van der Waals surface area contributed by atoms with Crippen molar-refractivity contribution in [1.82, 2.24) is 20.1 Å². The van der Waals surface area contributed by atoms with Crippen molar-refractivity contribution in [2.45, 2.75) is 62.6 Å². The molecule has 0 spiro atoms. The normalized spacial score (nSPS) is 14.7. The molecule has 1 aromatic heterocycles. The second-order valence-electron chi connectivity index (χ2n) is 13.5. The molecule has 5 rings (SSSR count). The first kappa shape index (κ1) is 37.1. The maximum atomic E-state index is 14.6. The molecular weight excluding hydrogens is 644 g/mol. The Balaban J connectivity index is 1.40. The Kier molecular flexibility index (Phi) is 12.5. The number of aromatic nitrogens is 1. The minimum atomic E-state index is -0.966. The van der Waals surface area contributed by atoms with Crippen LogP contribution >= 0.6 is 0 Å². The number of nitrogens with one attached hydrogen (secondary N) is 1. The van der Waals surface area contributed by atoms with E-state index in [0.29, 0.717) is 30.6 Å². The van der Waals surface area contributed by atoms with Crippen molar-refractivity contribution in [3.63, 3.8) is 0 Å². The fraction of sp³-hybridized carbons (Fsp3) is 0.310. The Hall–Kier alpha value is -5.15. The number of halogens is 2. The molecule has 3 aromatic carbocycles. The van der Waals surface area contributed by atoms with E-state index in [-0.39, 0.29) is 30.2 Å². The number of rotatable bonds is 16. The number of carbonyl (C=O) groups is 2. The molecule has 4 aromatic rings. The zero-order valence-electron chi connectivity index (χ0n) is 29.4. The molecule has 51 heavy (non-hydrogen) atoms. The highest BCUT2D eigenvalue weighted by molar-refractivity contribution is 5.93. The lowest BCUT2D eigenvalue weighted by atomic mass is 9.75. The van der Waals surface area contributed by atoms with E-state index >= 15 is 0 Å². The van der Waals surface area contributed by atoms with Crippen LogP contribution in [0.15, 0.2) is 122 Å². The smallest absolute Gasteiger partial charge is 0.246 e. The second kappa shape index (κ2) is 17.2. The summed E-state index contributed by atoms with van der Waals surface area (Å²) in [5.41, 5.74) is 11.2. The number of nitrogens with zero attached hydrogens (tertiary/aromatic N) is 3. The van der Waals surface area contributed by atoms with Gasteiger partial charge in [0.1, 0.15) is 6.04 Å². The molecule has 1 aliphatic rings. The SMILES string of the molecule is C=C(NCCc1ccncc1)C(Cc1ccc(F)c(F)c1)N(C)C(=O)[C@@H](Cc1ccc(-c2ccccc2)cc1)N(C)C(=O)/C=C/CC1(N)CCC1. The Morgan fingerprint density at radius 2 is 1.51 bits per heavy atom. The number of pyridine rings is 1. The Bertz CT molecular complexity index is 1810.